The quantitative estimate of drug-likeness (QED) is 0.598. The fourth-order valence-electron chi connectivity index (χ4n) is 1.19. The summed E-state index contributed by atoms with van der Waals surface area (Å²) in [6.07, 6.45) is 0.345. The van der Waals surface area contributed by atoms with Crippen molar-refractivity contribution in [2.24, 2.45) is 17.4 Å². The third-order valence-electron chi connectivity index (χ3n) is 2.48. The van der Waals surface area contributed by atoms with Gasteiger partial charge in [0.15, 0.2) is 0 Å². The third-order valence-corrected chi connectivity index (χ3v) is 2.48. The van der Waals surface area contributed by atoms with Gasteiger partial charge in [-0.15, -0.1) is 0 Å². The van der Waals surface area contributed by atoms with Gasteiger partial charge in [-0.3, -0.25) is 0 Å². The normalized spacial score (nSPS) is 17.8. The van der Waals surface area contributed by atoms with Crippen molar-refractivity contribution in [3.05, 3.63) is 0 Å². The Hall–Kier alpha value is -0.160. The van der Waals surface area contributed by atoms with E-state index >= 15 is 0 Å². The van der Waals surface area contributed by atoms with Crippen LogP contribution in [-0.4, -0.2) is 38.5 Å². The van der Waals surface area contributed by atoms with Crippen LogP contribution >= 0.6 is 0 Å². The van der Waals surface area contributed by atoms with E-state index in [4.69, 9.17) is 20.9 Å². The molecule has 2 atom stereocenters. The van der Waals surface area contributed by atoms with Gasteiger partial charge in [-0.05, 0) is 13.8 Å². The summed E-state index contributed by atoms with van der Waals surface area (Å²) in [6.45, 7) is 8.54. The largest absolute Gasteiger partial charge is 0.377 e. The molecule has 0 saturated heterocycles. The maximum atomic E-state index is 5.52. The maximum Gasteiger partial charge on any atom is 0.0597 e. The lowest BCUT2D eigenvalue weighted by Crippen LogP contribution is -2.32. The van der Waals surface area contributed by atoms with Gasteiger partial charge in [-0.2, -0.15) is 0 Å². The second-order valence-electron chi connectivity index (χ2n) is 3.59. The van der Waals surface area contributed by atoms with E-state index in [0.29, 0.717) is 32.2 Å². The second kappa shape index (κ2) is 8.17. The fraction of sp³-hybridized carbons (Fsp3) is 1.00. The minimum atomic E-state index is 0.173. The highest BCUT2D eigenvalue weighted by Gasteiger charge is 2.19. The van der Waals surface area contributed by atoms with Crippen LogP contribution in [0.15, 0.2) is 0 Å². The molecule has 14 heavy (non-hydrogen) atoms. The lowest BCUT2D eigenvalue weighted by atomic mass is 10.0. The first-order valence-electron chi connectivity index (χ1n) is 5.26. The van der Waals surface area contributed by atoms with Gasteiger partial charge in [-0.1, -0.05) is 6.92 Å². The molecule has 0 heterocycles. The molecule has 4 N–H and O–H groups in total. The molecule has 0 aliphatic heterocycles. The Morgan fingerprint density at radius 2 is 1.21 bits per heavy atom. The highest BCUT2D eigenvalue weighted by Crippen LogP contribution is 2.14. The minimum Gasteiger partial charge on any atom is -0.377 e. The topological polar surface area (TPSA) is 70.5 Å². The van der Waals surface area contributed by atoms with Crippen LogP contribution in [0.25, 0.3) is 0 Å². The van der Waals surface area contributed by atoms with Gasteiger partial charge in [0.05, 0.1) is 25.4 Å². The van der Waals surface area contributed by atoms with E-state index in [-0.39, 0.29) is 12.2 Å². The first-order valence-corrected chi connectivity index (χ1v) is 5.26. The van der Waals surface area contributed by atoms with Crippen molar-refractivity contribution < 1.29 is 9.47 Å². The standard InChI is InChI=1S/C10H24N2O2/c1-8(9(2)13-6-4-11)10(3)14-7-5-12/h8-10H,4-7,11-12H2,1-3H3. The summed E-state index contributed by atoms with van der Waals surface area (Å²) in [4.78, 5) is 0. The highest BCUT2D eigenvalue weighted by atomic mass is 16.5. The second-order valence-corrected chi connectivity index (χ2v) is 3.59. The van der Waals surface area contributed by atoms with Crippen molar-refractivity contribution in [1.29, 1.82) is 0 Å². The molecule has 0 rings (SSSR count). The van der Waals surface area contributed by atoms with Gasteiger partial charge in [-0.25, -0.2) is 0 Å². The van der Waals surface area contributed by atoms with E-state index in [1.165, 1.54) is 0 Å². The van der Waals surface area contributed by atoms with Crippen molar-refractivity contribution in [1.82, 2.24) is 0 Å². The average molecular weight is 204 g/mol. The predicted molar refractivity (Wildman–Crippen MR) is 58.1 cm³/mol. The zero-order valence-electron chi connectivity index (χ0n) is 9.53. The van der Waals surface area contributed by atoms with Crippen LogP contribution < -0.4 is 11.5 Å². The molecule has 0 aromatic rings. The smallest absolute Gasteiger partial charge is 0.0597 e. The summed E-state index contributed by atoms with van der Waals surface area (Å²) >= 11 is 0. The summed E-state index contributed by atoms with van der Waals surface area (Å²) in [5, 5.41) is 0. The minimum absolute atomic E-state index is 0.173. The molecule has 0 aromatic carbocycles. The molecule has 2 unspecified atom stereocenters. The van der Waals surface area contributed by atoms with Crippen LogP contribution in [0.5, 0.6) is 0 Å². The monoisotopic (exact) mass is 204 g/mol. The highest BCUT2D eigenvalue weighted by molar-refractivity contribution is 4.68. The molecule has 0 aliphatic carbocycles. The Labute approximate surface area is 86.9 Å². The average Bonchev–Trinajstić information content (AvgIpc) is 2.21. The molecular formula is C10H24N2O2. The van der Waals surface area contributed by atoms with Crippen LogP contribution in [0.3, 0.4) is 0 Å². The van der Waals surface area contributed by atoms with Crippen LogP contribution in [0.2, 0.25) is 0 Å². The van der Waals surface area contributed by atoms with Crippen LogP contribution in [-0.2, 0) is 9.47 Å². The lowest BCUT2D eigenvalue weighted by molar-refractivity contribution is -0.0405. The first-order chi connectivity index (χ1) is 6.63. The molecule has 0 aromatic heterocycles. The lowest BCUT2D eigenvalue weighted by Gasteiger charge is -2.26. The molecule has 0 aliphatic rings. The van der Waals surface area contributed by atoms with Crippen LogP contribution in [0.4, 0.5) is 0 Å². The molecule has 0 bridgehead atoms. The van der Waals surface area contributed by atoms with E-state index in [9.17, 15) is 0 Å². The SMILES string of the molecule is CC(OCCN)C(C)C(C)OCCN. The Kier molecular flexibility index (Phi) is 8.08. The van der Waals surface area contributed by atoms with Gasteiger partial charge in [0.2, 0.25) is 0 Å². The molecule has 0 spiro atoms. The predicted octanol–water partition coefficient (Wildman–Crippen LogP) is 0.350. The molecule has 4 heteroatoms. The van der Waals surface area contributed by atoms with Crippen molar-refractivity contribution >= 4 is 0 Å². The molecular weight excluding hydrogens is 180 g/mol. The number of rotatable bonds is 8. The zero-order valence-corrected chi connectivity index (χ0v) is 9.53. The summed E-state index contributed by atoms with van der Waals surface area (Å²) in [7, 11) is 0. The molecule has 0 radical (unpaired) electrons. The maximum absolute atomic E-state index is 5.52. The summed E-state index contributed by atoms with van der Waals surface area (Å²) in [5.74, 6) is 0.355. The summed E-state index contributed by atoms with van der Waals surface area (Å²) in [6, 6.07) is 0. The van der Waals surface area contributed by atoms with E-state index in [1.807, 2.05) is 13.8 Å². The van der Waals surface area contributed by atoms with Gasteiger partial charge in [0.1, 0.15) is 0 Å². The number of nitrogens with two attached hydrogens (primary N) is 2. The van der Waals surface area contributed by atoms with E-state index in [0.717, 1.165) is 0 Å². The zero-order chi connectivity index (χ0) is 11.0. The van der Waals surface area contributed by atoms with E-state index < -0.39 is 0 Å². The fourth-order valence-corrected chi connectivity index (χ4v) is 1.19. The Morgan fingerprint density at radius 3 is 1.50 bits per heavy atom. The number of ether oxygens (including phenoxy) is 2. The van der Waals surface area contributed by atoms with Crippen LogP contribution in [0.1, 0.15) is 20.8 Å². The Bertz CT molecular complexity index is 119. The molecule has 0 saturated carbocycles. The first kappa shape index (κ1) is 13.8. The third kappa shape index (κ3) is 5.54. The summed E-state index contributed by atoms with van der Waals surface area (Å²) < 4.78 is 11.0. The molecule has 86 valence electrons. The molecule has 0 fully saturated rings. The van der Waals surface area contributed by atoms with Crippen molar-refractivity contribution in [2.45, 2.75) is 33.0 Å². The van der Waals surface area contributed by atoms with Gasteiger partial charge in [0, 0.05) is 19.0 Å². The van der Waals surface area contributed by atoms with Gasteiger partial charge >= 0.3 is 0 Å². The Morgan fingerprint density at radius 1 is 0.857 bits per heavy atom. The number of hydrogen-bond donors (Lipinski definition) is 2. The molecule has 0 amide bonds. The molecule has 4 nitrogen and oxygen atoms in total. The van der Waals surface area contributed by atoms with Crippen molar-refractivity contribution in [3.8, 4) is 0 Å². The van der Waals surface area contributed by atoms with Crippen molar-refractivity contribution in [3.63, 3.8) is 0 Å². The Balaban J connectivity index is 3.72. The van der Waals surface area contributed by atoms with Crippen LogP contribution in [0, 0.1) is 5.92 Å². The van der Waals surface area contributed by atoms with E-state index in [1.54, 1.807) is 0 Å². The van der Waals surface area contributed by atoms with Gasteiger partial charge in [0.25, 0.3) is 0 Å². The van der Waals surface area contributed by atoms with Crippen molar-refractivity contribution in [2.75, 3.05) is 26.3 Å². The van der Waals surface area contributed by atoms with Gasteiger partial charge < -0.3 is 20.9 Å². The number of hydrogen-bond acceptors (Lipinski definition) is 4. The van der Waals surface area contributed by atoms with E-state index in [2.05, 4.69) is 6.92 Å². The summed E-state index contributed by atoms with van der Waals surface area (Å²) in [5.41, 5.74) is 10.7.